The topological polar surface area (TPSA) is 128 Å². The van der Waals surface area contributed by atoms with Gasteiger partial charge in [0, 0.05) is 31.2 Å². The van der Waals surface area contributed by atoms with Crippen LogP contribution in [0, 0.1) is 5.41 Å². The van der Waals surface area contributed by atoms with Gasteiger partial charge in [0.2, 0.25) is 0 Å². The lowest BCUT2D eigenvalue weighted by Crippen LogP contribution is -2.47. The second-order valence-electron chi connectivity index (χ2n) is 8.50. The third-order valence-electron chi connectivity index (χ3n) is 6.00. The van der Waals surface area contributed by atoms with Crippen LogP contribution in [0.25, 0.3) is 0 Å². The highest BCUT2D eigenvalue weighted by molar-refractivity contribution is 6.46. The lowest BCUT2D eigenvalue weighted by molar-refractivity contribution is -0.110. The summed E-state index contributed by atoms with van der Waals surface area (Å²) in [7, 11) is 1.31. The average Bonchev–Trinajstić information content (AvgIpc) is 2.79. The maximum absolute atomic E-state index is 12.4. The number of hydrogen-bond donors (Lipinski definition) is 4. The van der Waals surface area contributed by atoms with Gasteiger partial charge in [-0.1, -0.05) is 19.3 Å². The molecule has 32 heavy (non-hydrogen) atoms. The molecule has 2 aliphatic rings. The van der Waals surface area contributed by atoms with E-state index in [0.717, 1.165) is 32.0 Å². The monoisotopic (exact) mass is 443 g/mol. The Hall–Kier alpha value is -2.94. The first-order valence-electron chi connectivity index (χ1n) is 11.2. The molecule has 4 N–H and O–H groups in total. The van der Waals surface area contributed by atoms with E-state index in [1.165, 1.54) is 58.4 Å². The van der Waals surface area contributed by atoms with Crippen molar-refractivity contribution in [2.24, 2.45) is 0 Å². The number of carbonyl (C=O) groups excluding carboxylic acids is 2. The van der Waals surface area contributed by atoms with Gasteiger partial charge >= 0.3 is 5.97 Å². The van der Waals surface area contributed by atoms with Crippen LogP contribution in [0.15, 0.2) is 24.1 Å². The summed E-state index contributed by atoms with van der Waals surface area (Å²) in [6.45, 7) is 2.93. The van der Waals surface area contributed by atoms with Crippen LogP contribution >= 0.6 is 0 Å². The normalized spacial score (nSPS) is 18.3. The number of allylic oxidation sites excluding steroid dienone is 1. The first-order chi connectivity index (χ1) is 15.4. The SMILES string of the molecule is COC(=O)c1cc(NC(=O)C(=N)/C=C(/C)O)cnc1N1CCC(NC2CCCCC2)CC1. The van der Waals surface area contributed by atoms with Gasteiger partial charge in [0.05, 0.1) is 24.8 Å². The summed E-state index contributed by atoms with van der Waals surface area (Å²) in [6.07, 6.45) is 10.9. The molecule has 0 atom stereocenters. The zero-order chi connectivity index (χ0) is 23.1. The van der Waals surface area contributed by atoms with Gasteiger partial charge in [0.15, 0.2) is 0 Å². The van der Waals surface area contributed by atoms with Crippen molar-refractivity contribution in [3.05, 3.63) is 29.7 Å². The number of pyridine rings is 1. The Bertz CT molecular complexity index is 867. The first kappa shape index (κ1) is 23.7. The van der Waals surface area contributed by atoms with Crippen molar-refractivity contribution in [1.29, 1.82) is 5.41 Å². The maximum atomic E-state index is 12.4. The largest absolute Gasteiger partial charge is 0.513 e. The van der Waals surface area contributed by atoms with E-state index in [1.807, 2.05) is 0 Å². The third kappa shape index (κ3) is 6.29. The Kier molecular flexibility index (Phi) is 8.21. The van der Waals surface area contributed by atoms with E-state index in [2.05, 4.69) is 20.5 Å². The molecule has 0 aromatic carbocycles. The van der Waals surface area contributed by atoms with Gasteiger partial charge in [-0.25, -0.2) is 9.78 Å². The molecule has 3 rings (SSSR count). The molecule has 1 aliphatic heterocycles. The maximum Gasteiger partial charge on any atom is 0.341 e. The molecule has 1 saturated carbocycles. The van der Waals surface area contributed by atoms with Gasteiger partial charge < -0.3 is 25.4 Å². The second-order valence-corrected chi connectivity index (χ2v) is 8.50. The summed E-state index contributed by atoms with van der Waals surface area (Å²) in [5.41, 5.74) is 0.146. The molecule has 0 spiro atoms. The van der Waals surface area contributed by atoms with Crippen LogP contribution in [-0.4, -0.2) is 60.0 Å². The van der Waals surface area contributed by atoms with Crippen LogP contribution in [0.5, 0.6) is 0 Å². The summed E-state index contributed by atoms with van der Waals surface area (Å²) >= 11 is 0. The van der Waals surface area contributed by atoms with E-state index in [1.54, 1.807) is 0 Å². The van der Waals surface area contributed by atoms with Gasteiger partial charge in [0.25, 0.3) is 5.91 Å². The Morgan fingerprint density at radius 1 is 1.19 bits per heavy atom. The smallest absolute Gasteiger partial charge is 0.341 e. The summed E-state index contributed by atoms with van der Waals surface area (Å²) in [6, 6.07) is 2.61. The number of hydrogen-bond acceptors (Lipinski definition) is 8. The Balaban J connectivity index is 1.67. The Labute approximate surface area is 188 Å². The van der Waals surface area contributed by atoms with Gasteiger partial charge in [-0.05, 0) is 38.7 Å². The van der Waals surface area contributed by atoms with Crippen molar-refractivity contribution >= 4 is 29.1 Å². The van der Waals surface area contributed by atoms with Gasteiger partial charge in [0.1, 0.15) is 17.1 Å². The number of aliphatic hydroxyl groups is 1. The summed E-state index contributed by atoms with van der Waals surface area (Å²) < 4.78 is 4.93. The van der Waals surface area contributed by atoms with Crippen molar-refractivity contribution in [2.75, 3.05) is 30.4 Å². The van der Waals surface area contributed by atoms with E-state index in [4.69, 9.17) is 10.1 Å². The van der Waals surface area contributed by atoms with Gasteiger partial charge in [-0.2, -0.15) is 0 Å². The minimum atomic E-state index is -0.710. The fourth-order valence-electron chi connectivity index (χ4n) is 4.37. The number of aromatic nitrogens is 1. The number of amides is 1. The van der Waals surface area contributed by atoms with Crippen molar-refractivity contribution in [1.82, 2.24) is 10.3 Å². The number of nitrogens with one attached hydrogen (secondary N) is 3. The minimum absolute atomic E-state index is 0.143. The third-order valence-corrected chi connectivity index (χ3v) is 6.00. The lowest BCUT2D eigenvalue weighted by atomic mass is 9.93. The Morgan fingerprint density at radius 2 is 1.84 bits per heavy atom. The second kappa shape index (κ2) is 11.1. The van der Waals surface area contributed by atoms with Crippen LogP contribution in [0.3, 0.4) is 0 Å². The molecule has 0 bridgehead atoms. The number of methoxy groups -OCH3 is 1. The average molecular weight is 444 g/mol. The molecule has 9 nitrogen and oxygen atoms in total. The highest BCUT2D eigenvalue weighted by Gasteiger charge is 2.26. The number of piperidine rings is 1. The molecular formula is C23H33N5O4. The fraction of sp³-hybridized carbons (Fsp3) is 0.565. The molecule has 2 heterocycles. The first-order valence-corrected chi connectivity index (χ1v) is 11.2. The van der Waals surface area contributed by atoms with Crippen LogP contribution in [0.2, 0.25) is 0 Å². The number of rotatable bonds is 7. The number of esters is 1. The molecule has 174 valence electrons. The van der Waals surface area contributed by atoms with Crippen molar-refractivity contribution < 1.29 is 19.4 Å². The number of anilines is 2. The summed E-state index contributed by atoms with van der Waals surface area (Å²) in [5.74, 6) is -0.854. The van der Waals surface area contributed by atoms with Gasteiger partial charge in [-0.3, -0.25) is 10.2 Å². The quantitative estimate of drug-likeness (QED) is 0.289. The van der Waals surface area contributed by atoms with Gasteiger partial charge in [-0.15, -0.1) is 0 Å². The van der Waals surface area contributed by atoms with Crippen LogP contribution in [0.1, 0.15) is 62.2 Å². The molecule has 0 unspecified atom stereocenters. The van der Waals surface area contributed by atoms with Crippen LogP contribution in [0.4, 0.5) is 11.5 Å². The number of nitrogens with zero attached hydrogens (tertiary/aromatic N) is 2. The van der Waals surface area contributed by atoms with Crippen molar-refractivity contribution in [3.63, 3.8) is 0 Å². The highest BCUT2D eigenvalue weighted by Crippen LogP contribution is 2.26. The van der Waals surface area contributed by atoms with Crippen LogP contribution < -0.4 is 15.5 Å². The molecule has 9 heteroatoms. The predicted octanol–water partition coefficient (Wildman–Crippen LogP) is 3.18. The number of ether oxygens (including phenoxy) is 1. The highest BCUT2D eigenvalue weighted by atomic mass is 16.5. The Morgan fingerprint density at radius 3 is 2.47 bits per heavy atom. The molecule has 1 aromatic heterocycles. The van der Waals surface area contributed by atoms with Crippen molar-refractivity contribution in [3.8, 4) is 0 Å². The van der Waals surface area contributed by atoms with Crippen LogP contribution in [-0.2, 0) is 9.53 Å². The van der Waals surface area contributed by atoms with E-state index >= 15 is 0 Å². The lowest BCUT2D eigenvalue weighted by Gasteiger charge is -2.36. The minimum Gasteiger partial charge on any atom is -0.513 e. The fourth-order valence-corrected chi connectivity index (χ4v) is 4.37. The zero-order valence-corrected chi connectivity index (χ0v) is 18.8. The number of carbonyl (C=O) groups is 2. The number of aliphatic hydroxyl groups excluding tert-OH is 1. The van der Waals surface area contributed by atoms with E-state index < -0.39 is 17.6 Å². The van der Waals surface area contributed by atoms with E-state index in [0.29, 0.717) is 17.9 Å². The molecule has 1 aliphatic carbocycles. The zero-order valence-electron chi connectivity index (χ0n) is 18.8. The molecule has 1 amide bonds. The molecule has 0 radical (unpaired) electrons. The molecule has 1 saturated heterocycles. The predicted molar refractivity (Wildman–Crippen MR) is 124 cm³/mol. The summed E-state index contributed by atoms with van der Waals surface area (Å²) in [5, 5.41) is 23.3. The molecule has 2 fully saturated rings. The molecule has 1 aromatic rings. The van der Waals surface area contributed by atoms with Crippen molar-refractivity contribution in [2.45, 2.75) is 64.0 Å². The van der Waals surface area contributed by atoms with E-state index in [-0.39, 0.29) is 17.0 Å². The van der Waals surface area contributed by atoms with E-state index in [9.17, 15) is 14.7 Å². The standard InChI is InChI=1S/C23H33N5O4/c1-15(29)12-20(24)22(30)27-18-13-19(23(31)32-2)21(25-14-18)28-10-8-17(9-11-28)26-16-6-4-3-5-7-16/h12-14,16-17,24,26,29H,3-11H2,1-2H3,(H,27,30)/b15-12-,24-20?. The summed E-state index contributed by atoms with van der Waals surface area (Å²) in [4.78, 5) is 31.1. The molecular weight excluding hydrogens is 410 g/mol.